The molecule has 1 heterocycles. The summed E-state index contributed by atoms with van der Waals surface area (Å²) in [4.78, 5) is 16.1. The SMILES string of the molecule is C/C(=N\O)c1ccc(OCC(=O)N2CCN(C)CC2)cc1. The molecule has 1 aromatic carbocycles. The zero-order valence-corrected chi connectivity index (χ0v) is 12.5. The van der Waals surface area contributed by atoms with Gasteiger partial charge in [0, 0.05) is 26.2 Å². The Morgan fingerprint density at radius 3 is 2.43 bits per heavy atom. The van der Waals surface area contributed by atoms with E-state index < -0.39 is 0 Å². The second-order valence-electron chi connectivity index (χ2n) is 5.18. The van der Waals surface area contributed by atoms with Crippen LogP contribution in [0.3, 0.4) is 0 Å². The molecular formula is C15H21N3O3. The molecule has 1 amide bonds. The number of carbonyl (C=O) groups is 1. The Bertz CT molecular complexity index is 505. The third kappa shape index (κ3) is 4.19. The van der Waals surface area contributed by atoms with E-state index in [1.165, 1.54) is 0 Å². The maximum Gasteiger partial charge on any atom is 0.260 e. The Morgan fingerprint density at radius 2 is 1.86 bits per heavy atom. The van der Waals surface area contributed by atoms with Crippen molar-refractivity contribution in [2.75, 3.05) is 39.8 Å². The van der Waals surface area contributed by atoms with Gasteiger partial charge in [-0.25, -0.2) is 0 Å². The highest BCUT2D eigenvalue weighted by Gasteiger charge is 2.19. The van der Waals surface area contributed by atoms with Crippen molar-refractivity contribution in [3.63, 3.8) is 0 Å². The lowest BCUT2D eigenvalue weighted by atomic mass is 10.1. The number of amides is 1. The average molecular weight is 291 g/mol. The van der Waals surface area contributed by atoms with Gasteiger partial charge in [-0.15, -0.1) is 0 Å². The molecular weight excluding hydrogens is 270 g/mol. The van der Waals surface area contributed by atoms with Crippen LogP contribution in [0.25, 0.3) is 0 Å². The van der Waals surface area contributed by atoms with E-state index in [1.807, 2.05) is 4.90 Å². The maximum atomic E-state index is 12.0. The van der Waals surface area contributed by atoms with Gasteiger partial charge in [0.2, 0.25) is 0 Å². The van der Waals surface area contributed by atoms with E-state index in [4.69, 9.17) is 9.94 Å². The summed E-state index contributed by atoms with van der Waals surface area (Å²) in [7, 11) is 2.05. The maximum absolute atomic E-state index is 12.0. The third-order valence-corrected chi connectivity index (χ3v) is 3.64. The van der Waals surface area contributed by atoms with Crippen LogP contribution in [0.4, 0.5) is 0 Å². The van der Waals surface area contributed by atoms with Crippen molar-refractivity contribution in [1.29, 1.82) is 0 Å². The molecule has 0 saturated carbocycles. The van der Waals surface area contributed by atoms with E-state index in [-0.39, 0.29) is 12.5 Å². The van der Waals surface area contributed by atoms with Crippen molar-refractivity contribution in [2.45, 2.75) is 6.92 Å². The first-order valence-electron chi connectivity index (χ1n) is 6.98. The molecule has 6 nitrogen and oxygen atoms in total. The molecule has 21 heavy (non-hydrogen) atoms. The van der Waals surface area contributed by atoms with Gasteiger partial charge in [-0.05, 0) is 43.8 Å². The van der Waals surface area contributed by atoms with Gasteiger partial charge in [-0.3, -0.25) is 4.79 Å². The largest absolute Gasteiger partial charge is 0.484 e. The van der Waals surface area contributed by atoms with Crippen LogP contribution < -0.4 is 4.74 Å². The minimum absolute atomic E-state index is 0.0141. The molecule has 1 saturated heterocycles. The zero-order chi connectivity index (χ0) is 15.2. The van der Waals surface area contributed by atoms with Gasteiger partial charge in [-0.1, -0.05) is 5.16 Å². The van der Waals surface area contributed by atoms with Crippen LogP contribution in [0.5, 0.6) is 5.75 Å². The number of oxime groups is 1. The second-order valence-corrected chi connectivity index (χ2v) is 5.18. The Morgan fingerprint density at radius 1 is 1.24 bits per heavy atom. The molecule has 1 N–H and O–H groups in total. The highest BCUT2D eigenvalue weighted by atomic mass is 16.5. The summed E-state index contributed by atoms with van der Waals surface area (Å²) in [5, 5.41) is 11.8. The average Bonchev–Trinajstić information content (AvgIpc) is 2.53. The summed E-state index contributed by atoms with van der Waals surface area (Å²) in [5.41, 5.74) is 1.35. The molecule has 6 heteroatoms. The van der Waals surface area contributed by atoms with Crippen LogP contribution in [0, 0.1) is 0 Å². The lowest BCUT2D eigenvalue weighted by molar-refractivity contribution is -0.134. The van der Waals surface area contributed by atoms with Crippen LogP contribution in [-0.4, -0.2) is 66.5 Å². The quantitative estimate of drug-likeness (QED) is 0.511. The minimum Gasteiger partial charge on any atom is -0.484 e. The van der Waals surface area contributed by atoms with Gasteiger partial charge in [-0.2, -0.15) is 0 Å². The molecule has 1 aliphatic rings. The lowest BCUT2D eigenvalue weighted by Crippen LogP contribution is -2.48. The molecule has 2 rings (SSSR count). The van der Waals surface area contributed by atoms with Crippen LogP contribution >= 0.6 is 0 Å². The van der Waals surface area contributed by atoms with Crippen LogP contribution in [0.15, 0.2) is 29.4 Å². The third-order valence-electron chi connectivity index (χ3n) is 3.64. The summed E-state index contributed by atoms with van der Waals surface area (Å²) in [5.74, 6) is 0.646. The topological polar surface area (TPSA) is 65.4 Å². The molecule has 0 unspecified atom stereocenters. The van der Waals surface area contributed by atoms with E-state index in [0.717, 1.165) is 31.7 Å². The Balaban J connectivity index is 1.84. The summed E-state index contributed by atoms with van der Waals surface area (Å²) in [6.07, 6.45) is 0. The second kappa shape index (κ2) is 7.08. The number of hydrogen-bond donors (Lipinski definition) is 1. The molecule has 0 radical (unpaired) electrons. The molecule has 0 spiro atoms. The van der Waals surface area contributed by atoms with Gasteiger partial charge < -0.3 is 19.7 Å². The predicted octanol–water partition coefficient (Wildman–Crippen LogP) is 1.04. The Kier molecular flexibility index (Phi) is 5.16. The van der Waals surface area contributed by atoms with Crippen molar-refractivity contribution in [2.24, 2.45) is 5.16 Å². The van der Waals surface area contributed by atoms with Crippen LogP contribution in [-0.2, 0) is 4.79 Å². The number of hydrogen-bond acceptors (Lipinski definition) is 5. The van der Waals surface area contributed by atoms with E-state index in [0.29, 0.717) is 11.5 Å². The first kappa shape index (κ1) is 15.3. The standard InChI is InChI=1S/C15H21N3O3/c1-12(16-20)13-3-5-14(6-4-13)21-11-15(19)18-9-7-17(2)8-10-18/h3-6,20H,7-11H2,1-2H3/b16-12+. The summed E-state index contributed by atoms with van der Waals surface area (Å²) in [6.45, 7) is 5.08. The summed E-state index contributed by atoms with van der Waals surface area (Å²) < 4.78 is 5.51. The highest BCUT2D eigenvalue weighted by molar-refractivity contribution is 5.98. The molecule has 0 atom stereocenters. The van der Waals surface area contributed by atoms with Crippen molar-refractivity contribution < 1.29 is 14.7 Å². The fourth-order valence-corrected chi connectivity index (χ4v) is 2.14. The van der Waals surface area contributed by atoms with Crippen molar-refractivity contribution >= 4 is 11.6 Å². The summed E-state index contributed by atoms with van der Waals surface area (Å²) >= 11 is 0. The number of ether oxygens (including phenoxy) is 1. The molecule has 1 aromatic rings. The zero-order valence-electron chi connectivity index (χ0n) is 12.5. The number of nitrogens with zero attached hydrogens (tertiary/aromatic N) is 3. The molecule has 0 aliphatic carbocycles. The van der Waals surface area contributed by atoms with Crippen molar-refractivity contribution in [3.05, 3.63) is 29.8 Å². The monoisotopic (exact) mass is 291 g/mol. The van der Waals surface area contributed by atoms with E-state index in [2.05, 4.69) is 17.1 Å². The Labute approximate surface area is 124 Å². The first-order valence-corrected chi connectivity index (χ1v) is 6.98. The van der Waals surface area contributed by atoms with Crippen molar-refractivity contribution in [1.82, 2.24) is 9.80 Å². The summed E-state index contributed by atoms with van der Waals surface area (Å²) in [6, 6.07) is 7.12. The van der Waals surface area contributed by atoms with Gasteiger partial charge in [0.1, 0.15) is 5.75 Å². The number of rotatable bonds is 4. The first-order chi connectivity index (χ1) is 10.1. The molecule has 114 valence electrons. The fourth-order valence-electron chi connectivity index (χ4n) is 2.14. The van der Waals surface area contributed by atoms with Gasteiger partial charge in [0.05, 0.1) is 5.71 Å². The lowest BCUT2D eigenvalue weighted by Gasteiger charge is -2.32. The fraction of sp³-hybridized carbons (Fsp3) is 0.467. The molecule has 1 fully saturated rings. The van der Waals surface area contributed by atoms with Gasteiger partial charge in [0.25, 0.3) is 5.91 Å². The predicted molar refractivity (Wildman–Crippen MR) is 80.0 cm³/mol. The van der Waals surface area contributed by atoms with E-state index >= 15 is 0 Å². The van der Waals surface area contributed by atoms with Crippen LogP contribution in [0.2, 0.25) is 0 Å². The van der Waals surface area contributed by atoms with E-state index in [1.54, 1.807) is 31.2 Å². The van der Waals surface area contributed by atoms with Gasteiger partial charge >= 0.3 is 0 Å². The number of piperazine rings is 1. The van der Waals surface area contributed by atoms with Crippen molar-refractivity contribution in [3.8, 4) is 5.75 Å². The number of carbonyl (C=O) groups excluding carboxylic acids is 1. The smallest absolute Gasteiger partial charge is 0.260 e. The molecule has 1 aliphatic heterocycles. The van der Waals surface area contributed by atoms with E-state index in [9.17, 15) is 4.79 Å². The number of benzene rings is 1. The molecule has 0 aromatic heterocycles. The highest BCUT2D eigenvalue weighted by Crippen LogP contribution is 2.13. The van der Waals surface area contributed by atoms with Gasteiger partial charge in [0.15, 0.2) is 6.61 Å². The molecule has 0 bridgehead atoms. The number of likely N-dealkylation sites (N-methyl/N-ethyl adjacent to an activating group) is 1. The Hall–Kier alpha value is -2.08. The normalized spacial score (nSPS) is 16.9. The van der Waals surface area contributed by atoms with Crippen LogP contribution in [0.1, 0.15) is 12.5 Å². The minimum atomic E-state index is 0.0141.